The molecule has 0 unspecified atom stereocenters. The van der Waals surface area contributed by atoms with Gasteiger partial charge in [0.15, 0.2) is 11.0 Å². The van der Waals surface area contributed by atoms with E-state index in [0.717, 1.165) is 16.9 Å². The highest BCUT2D eigenvalue weighted by Gasteiger charge is 2.26. The van der Waals surface area contributed by atoms with Gasteiger partial charge in [-0.1, -0.05) is 48.2 Å². The second-order valence-corrected chi connectivity index (χ2v) is 7.17. The van der Waals surface area contributed by atoms with Gasteiger partial charge in [0.05, 0.1) is 13.7 Å². The number of carbonyl (C=O) groups is 1. The van der Waals surface area contributed by atoms with E-state index in [9.17, 15) is 4.79 Å². The van der Waals surface area contributed by atoms with Gasteiger partial charge in [0, 0.05) is 12.1 Å². The first-order valence-electron chi connectivity index (χ1n) is 9.24. The average Bonchev–Trinajstić information content (AvgIpc) is 3.15. The van der Waals surface area contributed by atoms with Gasteiger partial charge in [-0.3, -0.25) is 9.36 Å². The van der Waals surface area contributed by atoms with E-state index in [2.05, 4.69) is 16.8 Å². The highest BCUT2D eigenvalue weighted by Crippen LogP contribution is 2.37. The predicted octanol–water partition coefficient (Wildman–Crippen LogP) is 4.54. The third-order valence-corrected chi connectivity index (χ3v) is 5.42. The molecular weight excluding hydrogens is 386 g/mol. The summed E-state index contributed by atoms with van der Waals surface area (Å²) in [4.78, 5) is 12.6. The molecule has 0 fully saturated rings. The summed E-state index contributed by atoms with van der Waals surface area (Å²) in [7, 11) is 1.63. The number of allylic oxidation sites excluding steroid dienone is 1. The summed E-state index contributed by atoms with van der Waals surface area (Å²) in [5.74, 6) is 1.16. The van der Waals surface area contributed by atoms with E-state index in [1.165, 1.54) is 11.8 Å². The van der Waals surface area contributed by atoms with E-state index in [0.29, 0.717) is 24.1 Å². The molecule has 0 bridgehead atoms. The summed E-state index contributed by atoms with van der Waals surface area (Å²) in [6.45, 7) is 6.48. The molecule has 3 rings (SSSR count). The molecule has 0 N–H and O–H groups in total. The highest BCUT2D eigenvalue weighted by atomic mass is 32.2. The minimum Gasteiger partial charge on any atom is -0.497 e. The number of rotatable bonds is 9. The van der Waals surface area contributed by atoms with Crippen LogP contribution in [-0.4, -0.2) is 34.5 Å². The van der Waals surface area contributed by atoms with Gasteiger partial charge in [-0.15, -0.1) is 16.8 Å². The average molecular weight is 410 g/mol. The third-order valence-electron chi connectivity index (χ3n) is 4.20. The zero-order valence-electron chi connectivity index (χ0n) is 16.4. The van der Waals surface area contributed by atoms with Crippen LogP contribution in [0.1, 0.15) is 17.7 Å². The van der Waals surface area contributed by atoms with Crippen molar-refractivity contribution in [2.75, 3.05) is 13.7 Å². The quantitative estimate of drug-likeness (QED) is 0.294. The maximum Gasteiger partial charge on any atom is 0.324 e. The second kappa shape index (κ2) is 9.93. The molecule has 0 spiro atoms. The largest absolute Gasteiger partial charge is 0.497 e. The summed E-state index contributed by atoms with van der Waals surface area (Å²) in [6, 6.07) is 17.1. The van der Waals surface area contributed by atoms with Gasteiger partial charge in [-0.2, -0.15) is 0 Å². The fourth-order valence-electron chi connectivity index (χ4n) is 2.83. The zero-order chi connectivity index (χ0) is 20.6. The van der Waals surface area contributed by atoms with E-state index in [1.54, 1.807) is 20.1 Å². The number of thioether (sulfide) groups is 1. The summed E-state index contributed by atoms with van der Waals surface area (Å²) in [5.41, 5.74) is 1.76. The zero-order valence-corrected chi connectivity index (χ0v) is 17.3. The van der Waals surface area contributed by atoms with E-state index in [4.69, 9.17) is 9.47 Å². The number of carbonyl (C=O) groups excluding carboxylic acids is 1. The SMILES string of the molecule is C=CCn1c(S[C@@H](C(=O)OCC)c2ccccc2)nnc1-c1ccc(OC)cc1. The molecule has 0 amide bonds. The van der Waals surface area contributed by atoms with Crippen molar-refractivity contribution < 1.29 is 14.3 Å². The Morgan fingerprint density at radius 3 is 2.52 bits per heavy atom. The lowest BCUT2D eigenvalue weighted by Crippen LogP contribution is -2.14. The van der Waals surface area contributed by atoms with Crippen molar-refractivity contribution in [1.29, 1.82) is 0 Å². The lowest BCUT2D eigenvalue weighted by atomic mass is 10.1. The molecule has 1 atom stereocenters. The molecule has 29 heavy (non-hydrogen) atoms. The van der Waals surface area contributed by atoms with Crippen LogP contribution in [0.15, 0.2) is 72.4 Å². The van der Waals surface area contributed by atoms with Crippen LogP contribution in [0, 0.1) is 0 Å². The summed E-state index contributed by atoms with van der Waals surface area (Å²) < 4.78 is 12.5. The van der Waals surface area contributed by atoms with Gasteiger partial charge in [-0.05, 0) is 36.8 Å². The Bertz CT molecular complexity index is 955. The number of hydrogen-bond donors (Lipinski definition) is 0. The first kappa shape index (κ1) is 20.7. The Labute approximate surface area is 174 Å². The van der Waals surface area contributed by atoms with Crippen LogP contribution in [0.25, 0.3) is 11.4 Å². The molecule has 1 heterocycles. The minimum absolute atomic E-state index is 0.303. The Morgan fingerprint density at radius 1 is 1.17 bits per heavy atom. The van der Waals surface area contributed by atoms with Crippen LogP contribution in [-0.2, 0) is 16.1 Å². The lowest BCUT2D eigenvalue weighted by Gasteiger charge is -2.16. The fourth-order valence-corrected chi connectivity index (χ4v) is 3.87. The molecule has 2 aromatic carbocycles. The highest BCUT2D eigenvalue weighted by molar-refractivity contribution is 8.00. The Hall–Kier alpha value is -3.06. The number of benzene rings is 2. The lowest BCUT2D eigenvalue weighted by molar-refractivity contribution is -0.142. The standard InChI is InChI=1S/C22H23N3O3S/c1-4-15-25-20(17-11-13-18(27-3)14-12-17)23-24-22(25)29-19(21(26)28-5-2)16-9-7-6-8-10-16/h4,6-14,19H,1,5,15H2,2-3H3/t19-/m1/s1. The summed E-state index contributed by atoms with van der Waals surface area (Å²) in [5, 5.41) is 8.80. The molecule has 1 aromatic heterocycles. The molecule has 0 radical (unpaired) electrons. The first-order chi connectivity index (χ1) is 14.2. The molecule has 0 aliphatic heterocycles. The van der Waals surface area contributed by atoms with Crippen molar-refractivity contribution in [2.24, 2.45) is 0 Å². The number of methoxy groups -OCH3 is 1. The van der Waals surface area contributed by atoms with Crippen molar-refractivity contribution in [3.63, 3.8) is 0 Å². The van der Waals surface area contributed by atoms with Crippen molar-refractivity contribution in [3.05, 3.63) is 72.8 Å². The van der Waals surface area contributed by atoms with Gasteiger partial charge in [-0.25, -0.2) is 0 Å². The number of hydrogen-bond acceptors (Lipinski definition) is 6. The fraction of sp³-hybridized carbons (Fsp3) is 0.227. The number of esters is 1. The van der Waals surface area contributed by atoms with Crippen molar-refractivity contribution in [3.8, 4) is 17.1 Å². The smallest absolute Gasteiger partial charge is 0.324 e. The molecule has 0 aliphatic rings. The number of aromatic nitrogens is 3. The molecule has 6 nitrogen and oxygen atoms in total. The maximum atomic E-state index is 12.6. The van der Waals surface area contributed by atoms with Crippen LogP contribution in [0.3, 0.4) is 0 Å². The van der Waals surface area contributed by atoms with Gasteiger partial charge < -0.3 is 9.47 Å². The van der Waals surface area contributed by atoms with Gasteiger partial charge >= 0.3 is 5.97 Å². The number of nitrogens with zero attached hydrogens (tertiary/aromatic N) is 3. The Kier molecular flexibility index (Phi) is 7.08. The van der Waals surface area contributed by atoms with Crippen molar-refractivity contribution in [2.45, 2.75) is 23.9 Å². The minimum atomic E-state index is -0.535. The van der Waals surface area contributed by atoms with Gasteiger partial charge in [0.2, 0.25) is 0 Å². The van der Waals surface area contributed by atoms with E-state index >= 15 is 0 Å². The van der Waals surface area contributed by atoms with Crippen LogP contribution in [0.4, 0.5) is 0 Å². The van der Waals surface area contributed by atoms with E-state index in [-0.39, 0.29) is 5.97 Å². The Balaban J connectivity index is 1.96. The Morgan fingerprint density at radius 2 is 1.90 bits per heavy atom. The van der Waals surface area contributed by atoms with Gasteiger partial charge in [0.1, 0.15) is 11.0 Å². The molecule has 0 aliphatic carbocycles. The second-order valence-electron chi connectivity index (χ2n) is 6.09. The van der Waals surface area contributed by atoms with Crippen LogP contribution in [0.5, 0.6) is 5.75 Å². The molecule has 7 heteroatoms. The molecule has 3 aromatic rings. The topological polar surface area (TPSA) is 66.2 Å². The third kappa shape index (κ3) is 4.86. The van der Waals surface area contributed by atoms with Crippen LogP contribution in [0.2, 0.25) is 0 Å². The molecular formula is C22H23N3O3S. The molecule has 0 saturated carbocycles. The van der Waals surface area contributed by atoms with E-state index in [1.807, 2.05) is 59.2 Å². The maximum absolute atomic E-state index is 12.6. The molecule has 150 valence electrons. The van der Waals surface area contributed by atoms with E-state index < -0.39 is 5.25 Å². The van der Waals surface area contributed by atoms with Gasteiger partial charge in [0.25, 0.3) is 0 Å². The monoisotopic (exact) mass is 409 g/mol. The predicted molar refractivity (Wildman–Crippen MR) is 114 cm³/mol. The van der Waals surface area contributed by atoms with Crippen molar-refractivity contribution in [1.82, 2.24) is 14.8 Å². The molecule has 0 saturated heterocycles. The first-order valence-corrected chi connectivity index (χ1v) is 10.1. The normalized spacial score (nSPS) is 11.7. The summed E-state index contributed by atoms with van der Waals surface area (Å²) in [6.07, 6.45) is 1.78. The van der Waals surface area contributed by atoms with Crippen LogP contribution < -0.4 is 4.74 Å². The summed E-state index contributed by atoms with van der Waals surface area (Å²) >= 11 is 1.32. The van der Waals surface area contributed by atoms with Crippen LogP contribution >= 0.6 is 11.8 Å². The number of ether oxygens (including phenoxy) is 2. The van der Waals surface area contributed by atoms with Crippen molar-refractivity contribution >= 4 is 17.7 Å².